The van der Waals surface area contributed by atoms with Crippen LogP contribution in [0.3, 0.4) is 0 Å². The van der Waals surface area contributed by atoms with Crippen molar-refractivity contribution in [1.29, 1.82) is 0 Å². The van der Waals surface area contributed by atoms with E-state index in [0.717, 1.165) is 51.8 Å². The summed E-state index contributed by atoms with van der Waals surface area (Å²) in [5.74, 6) is 0.848. The number of benzene rings is 2. The highest BCUT2D eigenvalue weighted by atomic mass is 16.5. The van der Waals surface area contributed by atoms with Gasteiger partial charge in [-0.2, -0.15) is 0 Å². The minimum atomic E-state index is 0.303. The van der Waals surface area contributed by atoms with Gasteiger partial charge in [0.2, 0.25) is 0 Å². The Balaban J connectivity index is 1.57. The molecule has 1 heterocycles. The lowest BCUT2D eigenvalue weighted by Gasteiger charge is -2.35. The summed E-state index contributed by atoms with van der Waals surface area (Å²) in [5, 5.41) is 6.96. The SMILES string of the molecule is CN=C(NCCc1ccccc1)NCC(c1ccc(C)cc1)N1CCOCC1. The van der Waals surface area contributed by atoms with Gasteiger partial charge in [-0.05, 0) is 24.5 Å². The molecule has 0 amide bonds. The molecule has 1 aliphatic rings. The zero-order valence-electron chi connectivity index (χ0n) is 17.0. The van der Waals surface area contributed by atoms with Crippen LogP contribution in [0.15, 0.2) is 59.6 Å². The van der Waals surface area contributed by atoms with E-state index in [4.69, 9.17) is 4.74 Å². The fraction of sp³-hybridized carbons (Fsp3) is 0.435. The van der Waals surface area contributed by atoms with Crippen molar-refractivity contribution in [2.24, 2.45) is 4.99 Å². The normalized spacial score (nSPS) is 16.6. The van der Waals surface area contributed by atoms with Crippen LogP contribution in [-0.2, 0) is 11.2 Å². The van der Waals surface area contributed by atoms with E-state index in [1.165, 1.54) is 16.7 Å². The van der Waals surface area contributed by atoms with E-state index in [-0.39, 0.29) is 0 Å². The third-order valence-electron chi connectivity index (χ3n) is 5.18. The fourth-order valence-corrected chi connectivity index (χ4v) is 3.52. The number of hydrogen-bond donors (Lipinski definition) is 2. The van der Waals surface area contributed by atoms with Crippen molar-refractivity contribution < 1.29 is 4.74 Å². The Morgan fingerprint density at radius 1 is 1.04 bits per heavy atom. The van der Waals surface area contributed by atoms with Crippen molar-refractivity contribution in [3.05, 3.63) is 71.3 Å². The van der Waals surface area contributed by atoms with Crippen LogP contribution in [0.2, 0.25) is 0 Å². The molecule has 1 atom stereocenters. The zero-order valence-corrected chi connectivity index (χ0v) is 17.0. The molecule has 28 heavy (non-hydrogen) atoms. The first kappa shape index (κ1) is 20.4. The molecular weight excluding hydrogens is 348 g/mol. The summed E-state index contributed by atoms with van der Waals surface area (Å²) in [6.45, 7) is 7.31. The van der Waals surface area contributed by atoms with Gasteiger partial charge in [-0.1, -0.05) is 60.2 Å². The van der Waals surface area contributed by atoms with Crippen LogP contribution in [-0.4, -0.2) is 57.3 Å². The van der Waals surface area contributed by atoms with Crippen LogP contribution < -0.4 is 10.6 Å². The number of ether oxygens (including phenoxy) is 1. The Labute approximate surface area is 168 Å². The maximum absolute atomic E-state index is 5.55. The summed E-state index contributed by atoms with van der Waals surface area (Å²) in [6, 6.07) is 19.7. The van der Waals surface area contributed by atoms with Crippen molar-refractivity contribution in [3.63, 3.8) is 0 Å². The Hall–Kier alpha value is -2.37. The van der Waals surface area contributed by atoms with Gasteiger partial charge in [0.1, 0.15) is 0 Å². The van der Waals surface area contributed by atoms with Crippen LogP contribution in [0, 0.1) is 6.92 Å². The van der Waals surface area contributed by atoms with Gasteiger partial charge in [-0.25, -0.2) is 0 Å². The van der Waals surface area contributed by atoms with Crippen LogP contribution in [0.4, 0.5) is 0 Å². The molecule has 150 valence electrons. The van der Waals surface area contributed by atoms with Crippen molar-refractivity contribution in [1.82, 2.24) is 15.5 Å². The molecule has 0 spiro atoms. The van der Waals surface area contributed by atoms with Gasteiger partial charge >= 0.3 is 0 Å². The first-order valence-electron chi connectivity index (χ1n) is 10.1. The van der Waals surface area contributed by atoms with E-state index in [1.807, 2.05) is 13.1 Å². The molecule has 2 aromatic carbocycles. The summed E-state index contributed by atoms with van der Waals surface area (Å²) in [7, 11) is 1.83. The molecule has 0 radical (unpaired) electrons. The molecule has 3 rings (SSSR count). The molecule has 0 saturated carbocycles. The second kappa shape index (κ2) is 10.8. The van der Waals surface area contributed by atoms with Crippen LogP contribution in [0.5, 0.6) is 0 Å². The molecule has 0 bridgehead atoms. The second-order valence-electron chi connectivity index (χ2n) is 7.19. The minimum Gasteiger partial charge on any atom is -0.379 e. The monoisotopic (exact) mass is 380 g/mol. The predicted octanol–water partition coefficient (Wildman–Crippen LogP) is 2.78. The lowest BCUT2D eigenvalue weighted by atomic mass is 10.0. The van der Waals surface area contributed by atoms with E-state index in [9.17, 15) is 0 Å². The van der Waals surface area contributed by atoms with E-state index in [0.29, 0.717) is 6.04 Å². The summed E-state index contributed by atoms with van der Waals surface area (Å²) in [6.07, 6.45) is 0.979. The number of guanidine groups is 1. The quantitative estimate of drug-likeness (QED) is 0.573. The fourth-order valence-electron chi connectivity index (χ4n) is 3.52. The van der Waals surface area contributed by atoms with E-state index >= 15 is 0 Å². The van der Waals surface area contributed by atoms with E-state index in [1.54, 1.807) is 0 Å². The van der Waals surface area contributed by atoms with Crippen molar-refractivity contribution in [2.45, 2.75) is 19.4 Å². The Morgan fingerprint density at radius 2 is 1.75 bits per heavy atom. The molecule has 2 N–H and O–H groups in total. The average Bonchev–Trinajstić information content (AvgIpc) is 2.75. The van der Waals surface area contributed by atoms with Gasteiger partial charge in [0, 0.05) is 33.2 Å². The van der Waals surface area contributed by atoms with Gasteiger partial charge in [-0.3, -0.25) is 9.89 Å². The number of hydrogen-bond acceptors (Lipinski definition) is 3. The largest absolute Gasteiger partial charge is 0.379 e. The molecule has 0 aliphatic carbocycles. The number of nitrogens with zero attached hydrogens (tertiary/aromatic N) is 2. The van der Waals surface area contributed by atoms with Gasteiger partial charge in [0.05, 0.1) is 19.3 Å². The number of aryl methyl sites for hydroxylation is 1. The number of aliphatic imine (C=N–C) groups is 1. The highest BCUT2D eigenvalue weighted by molar-refractivity contribution is 5.79. The van der Waals surface area contributed by atoms with E-state index in [2.05, 4.69) is 76.0 Å². The highest BCUT2D eigenvalue weighted by Crippen LogP contribution is 2.21. The number of nitrogens with one attached hydrogen (secondary N) is 2. The van der Waals surface area contributed by atoms with Crippen LogP contribution in [0.1, 0.15) is 22.7 Å². The molecule has 1 unspecified atom stereocenters. The molecule has 5 heteroatoms. The molecule has 1 aliphatic heterocycles. The first-order chi connectivity index (χ1) is 13.8. The molecule has 2 aromatic rings. The predicted molar refractivity (Wildman–Crippen MR) is 116 cm³/mol. The van der Waals surface area contributed by atoms with Gasteiger partial charge < -0.3 is 15.4 Å². The minimum absolute atomic E-state index is 0.303. The number of morpholine rings is 1. The maximum Gasteiger partial charge on any atom is 0.191 e. The molecule has 5 nitrogen and oxygen atoms in total. The van der Waals surface area contributed by atoms with Crippen molar-refractivity contribution in [2.75, 3.05) is 46.4 Å². The zero-order chi connectivity index (χ0) is 19.6. The molecular formula is C23H32N4O. The maximum atomic E-state index is 5.55. The first-order valence-corrected chi connectivity index (χ1v) is 10.1. The average molecular weight is 381 g/mol. The van der Waals surface area contributed by atoms with Gasteiger partial charge in [-0.15, -0.1) is 0 Å². The number of rotatable bonds is 7. The topological polar surface area (TPSA) is 48.9 Å². The lowest BCUT2D eigenvalue weighted by Crippen LogP contribution is -2.46. The highest BCUT2D eigenvalue weighted by Gasteiger charge is 2.22. The smallest absolute Gasteiger partial charge is 0.191 e. The van der Waals surface area contributed by atoms with Crippen molar-refractivity contribution in [3.8, 4) is 0 Å². The second-order valence-corrected chi connectivity index (χ2v) is 7.19. The van der Waals surface area contributed by atoms with Gasteiger partial charge in [0.25, 0.3) is 0 Å². The standard InChI is InChI=1S/C23H32N4O/c1-19-8-10-21(11-9-19)22(27-14-16-28-17-15-27)18-26-23(24-2)25-13-12-20-6-4-3-5-7-20/h3-11,22H,12-18H2,1-2H3,(H2,24,25,26). The molecule has 0 aromatic heterocycles. The summed E-state index contributed by atoms with van der Waals surface area (Å²) in [5.41, 5.74) is 3.95. The van der Waals surface area contributed by atoms with E-state index < -0.39 is 0 Å². The third kappa shape index (κ3) is 6.08. The van der Waals surface area contributed by atoms with Crippen LogP contribution >= 0.6 is 0 Å². The molecule has 1 fully saturated rings. The van der Waals surface area contributed by atoms with Crippen molar-refractivity contribution >= 4 is 5.96 Å². The Morgan fingerprint density at radius 3 is 2.43 bits per heavy atom. The summed E-state index contributed by atoms with van der Waals surface area (Å²) in [4.78, 5) is 6.89. The van der Waals surface area contributed by atoms with Crippen LogP contribution in [0.25, 0.3) is 0 Å². The van der Waals surface area contributed by atoms with Gasteiger partial charge in [0.15, 0.2) is 5.96 Å². The lowest BCUT2D eigenvalue weighted by molar-refractivity contribution is 0.0170. The Bertz CT molecular complexity index is 724. The summed E-state index contributed by atoms with van der Waals surface area (Å²) < 4.78 is 5.55. The Kier molecular flexibility index (Phi) is 7.88. The molecule has 1 saturated heterocycles. The summed E-state index contributed by atoms with van der Waals surface area (Å²) >= 11 is 0. The third-order valence-corrected chi connectivity index (χ3v) is 5.18.